The highest BCUT2D eigenvalue weighted by molar-refractivity contribution is 7.91. The van der Waals surface area contributed by atoms with Crippen LogP contribution >= 0.6 is 0 Å². The van der Waals surface area contributed by atoms with Crippen molar-refractivity contribution >= 4 is 27.4 Å². The molecule has 0 saturated heterocycles. The van der Waals surface area contributed by atoms with Gasteiger partial charge in [0.25, 0.3) is 5.91 Å². The molecule has 0 aliphatic rings. The third kappa shape index (κ3) is 4.04. The lowest BCUT2D eigenvalue weighted by Gasteiger charge is -2.09. The third-order valence-electron chi connectivity index (χ3n) is 3.84. The molecule has 0 fully saturated rings. The van der Waals surface area contributed by atoms with Crippen LogP contribution in [0.4, 0.5) is 5.69 Å². The fourth-order valence-corrected chi connectivity index (χ4v) is 3.73. The lowest BCUT2D eigenvalue weighted by molar-refractivity contribution is -0.255. The van der Waals surface area contributed by atoms with Crippen molar-refractivity contribution in [3.63, 3.8) is 0 Å². The number of carboxylic acid groups (broad SMARTS) is 1. The van der Waals surface area contributed by atoms with Gasteiger partial charge < -0.3 is 15.2 Å². The summed E-state index contributed by atoms with van der Waals surface area (Å²) in [4.78, 5) is 23.4. The van der Waals surface area contributed by atoms with Gasteiger partial charge in [0.05, 0.1) is 15.8 Å². The monoisotopic (exact) mass is 380 g/mol. The van der Waals surface area contributed by atoms with Gasteiger partial charge in [-0.15, -0.1) is 0 Å². The van der Waals surface area contributed by atoms with Crippen LogP contribution in [0.2, 0.25) is 0 Å². The van der Waals surface area contributed by atoms with Gasteiger partial charge in [-0.05, 0) is 54.1 Å². The van der Waals surface area contributed by atoms with Gasteiger partial charge in [-0.25, -0.2) is 8.42 Å². The van der Waals surface area contributed by atoms with Crippen LogP contribution in [0.3, 0.4) is 0 Å². The summed E-state index contributed by atoms with van der Waals surface area (Å²) in [7, 11) is -3.66. The van der Waals surface area contributed by atoms with Gasteiger partial charge >= 0.3 is 0 Å². The molecule has 3 aromatic rings. The molecule has 3 aromatic carbocycles. The Morgan fingerprint density at radius 2 is 1.37 bits per heavy atom. The maximum atomic E-state index is 12.5. The zero-order chi connectivity index (χ0) is 19.4. The van der Waals surface area contributed by atoms with Crippen molar-refractivity contribution in [3.05, 3.63) is 90.0 Å². The molecule has 0 heterocycles. The van der Waals surface area contributed by atoms with Crippen LogP contribution in [0.25, 0.3) is 0 Å². The van der Waals surface area contributed by atoms with Crippen LogP contribution in [0.15, 0.2) is 88.7 Å². The fraction of sp³-hybridized carbons (Fsp3) is 0. The number of amides is 1. The van der Waals surface area contributed by atoms with E-state index in [-0.39, 0.29) is 20.9 Å². The average Bonchev–Trinajstić information content (AvgIpc) is 2.69. The van der Waals surface area contributed by atoms with Crippen molar-refractivity contribution in [2.45, 2.75) is 9.79 Å². The Morgan fingerprint density at radius 1 is 0.741 bits per heavy atom. The SMILES string of the molecule is O=C([O-])c1cccc(NC(=O)c2ccc(S(=O)(=O)c3ccccc3)cc2)c1. The lowest BCUT2D eigenvalue weighted by atomic mass is 10.2. The number of hydrogen-bond donors (Lipinski definition) is 1. The number of hydrogen-bond acceptors (Lipinski definition) is 5. The minimum absolute atomic E-state index is 0.0582. The van der Waals surface area contributed by atoms with E-state index in [4.69, 9.17) is 0 Å². The normalized spacial score (nSPS) is 11.0. The number of sulfone groups is 1. The summed E-state index contributed by atoms with van der Waals surface area (Å²) in [6.45, 7) is 0. The Labute approximate surface area is 156 Å². The van der Waals surface area contributed by atoms with E-state index in [9.17, 15) is 23.1 Å². The number of benzene rings is 3. The molecule has 1 amide bonds. The van der Waals surface area contributed by atoms with Gasteiger partial charge in [-0.1, -0.05) is 30.3 Å². The summed E-state index contributed by atoms with van der Waals surface area (Å²) in [5.74, 6) is -1.84. The van der Waals surface area contributed by atoms with E-state index < -0.39 is 21.7 Å². The van der Waals surface area contributed by atoms with Crippen molar-refractivity contribution < 1.29 is 23.1 Å². The van der Waals surface area contributed by atoms with Crippen molar-refractivity contribution in [1.29, 1.82) is 0 Å². The number of anilines is 1. The minimum Gasteiger partial charge on any atom is -0.545 e. The molecule has 0 spiro atoms. The van der Waals surface area contributed by atoms with Crippen LogP contribution in [0.5, 0.6) is 0 Å². The number of rotatable bonds is 5. The molecule has 0 saturated carbocycles. The van der Waals surface area contributed by atoms with E-state index >= 15 is 0 Å². The molecular weight excluding hydrogens is 366 g/mol. The second-order valence-electron chi connectivity index (χ2n) is 5.66. The van der Waals surface area contributed by atoms with Crippen LogP contribution < -0.4 is 10.4 Å². The molecule has 27 heavy (non-hydrogen) atoms. The standard InChI is InChI=1S/C20H15NO5S/c22-19(21-16-6-4-5-15(13-16)20(23)24)14-9-11-18(12-10-14)27(25,26)17-7-2-1-3-8-17/h1-13H,(H,21,22)(H,23,24)/p-1. The first-order valence-electron chi connectivity index (χ1n) is 7.91. The Bertz CT molecular complexity index is 1090. The summed E-state index contributed by atoms with van der Waals surface area (Å²) < 4.78 is 25.1. The molecular formula is C20H14NO5S-. The summed E-state index contributed by atoms with van der Waals surface area (Å²) >= 11 is 0. The molecule has 0 radical (unpaired) electrons. The summed E-state index contributed by atoms with van der Waals surface area (Å²) in [5, 5.41) is 13.4. The predicted molar refractivity (Wildman–Crippen MR) is 97.1 cm³/mol. The lowest BCUT2D eigenvalue weighted by Crippen LogP contribution is -2.22. The summed E-state index contributed by atoms with van der Waals surface area (Å²) in [5.41, 5.74) is 0.473. The van der Waals surface area contributed by atoms with Gasteiger partial charge in [0.2, 0.25) is 9.84 Å². The molecule has 0 aliphatic heterocycles. The van der Waals surface area contributed by atoms with Crippen molar-refractivity contribution in [1.82, 2.24) is 0 Å². The van der Waals surface area contributed by atoms with Crippen LogP contribution in [-0.4, -0.2) is 20.3 Å². The molecule has 6 nitrogen and oxygen atoms in total. The van der Waals surface area contributed by atoms with E-state index in [2.05, 4.69) is 5.32 Å². The zero-order valence-electron chi connectivity index (χ0n) is 14.0. The molecule has 136 valence electrons. The Morgan fingerprint density at radius 3 is 2.00 bits per heavy atom. The number of nitrogens with one attached hydrogen (secondary N) is 1. The molecule has 7 heteroatoms. The van der Waals surface area contributed by atoms with Gasteiger partial charge in [0.15, 0.2) is 0 Å². The van der Waals surface area contributed by atoms with Gasteiger partial charge in [-0.2, -0.15) is 0 Å². The van der Waals surface area contributed by atoms with E-state index in [1.807, 2.05) is 0 Å². The zero-order valence-corrected chi connectivity index (χ0v) is 14.8. The van der Waals surface area contributed by atoms with Crippen molar-refractivity contribution in [2.75, 3.05) is 5.32 Å². The van der Waals surface area contributed by atoms with Gasteiger partial charge in [0, 0.05) is 11.3 Å². The molecule has 3 rings (SSSR count). The maximum absolute atomic E-state index is 12.5. The van der Waals surface area contributed by atoms with Gasteiger partial charge in [-0.3, -0.25) is 4.79 Å². The molecule has 0 aromatic heterocycles. The minimum atomic E-state index is -3.66. The van der Waals surface area contributed by atoms with E-state index in [1.165, 1.54) is 54.6 Å². The molecule has 0 atom stereocenters. The van der Waals surface area contributed by atoms with E-state index in [0.717, 1.165) is 0 Å². The maximum Gasteiger partial charge on any atom is 0.255 e. The Balaban J connectivity index is 1.80. The van der Waals surface area contributed by atoms with E-state index in [0.29, 0.717) is 5.69 Å². The first kappa shape index (κ1) is 18.3. The average molecular weight is 380 g/mol. The number of carboxylic acids is 1. The third-order valence-corrected chi connectivity index (χ3v) is 5.62. The predicted octanol–water partition coefficient (Wildman–Crippen LogP) is 2.14. The van der Waals surface area contributed by atoms with Crippen molar-refractivity contribution in [3.8, 4) is 0 Å². The van der Waals surface area contributed by atoms with Gasteiger partial charge in [0.1, 0.15) is 0 Å². The quantitative estimate of drug-likeness (QED) is 0.730. The molecule has 0 unspecified atom stereocenters. The number of aromatic carboxylic acids is 1. The Hall–Kier alpha value is -3.45. The summed E-state index contributed by atoms with van der Waals surface area (Å²) in [6, 6.07) is 19.2. The van der Waals surface area contributed by atoms with Crippen LogP contribution in [-0.2, 0) is 9.84 Å². The fourth-order valence-electron chi connectivity index (χ4n) is 2.45. The highest BCUT2D eigenvalue weighted by Crippen LogP contribution is 2.21. The topological polar surface area (TPSA) is 103 Å². The van der Waals surface area contributed by atoms with Crippen LogP contribution in [0.1, 0.15) is 20.7 Å². The smallest absolute Gasteiger partial charge is 0.255 e. The first-order valence-corrected chi connectivity index (χ1v) is 9.39. The molecule has 1 N–H and O–H groups in total. The van der Waals surface area contributed by atoms with Crippen LogP contribution in [0, 0.1) is 0 Å². The highest BCUT2D eigenvalue weighted by atomic mass is 32.2. The molecule has 0 aliphatic carbocycles. The number of carbonyl (C=O) groups is 2. The molecule has 0 bridgehead atoms. The highest BCUT2D eigenvalue weighted by Gasteiger charge is 2.17. The first-order chi connectivity index (χ1) is 12.9. The number of carbonyl (C=O) groups excluding carboxylic acids is 2. The summed E-state index contributed by atoms with van der Waals surface area (Å²) in [6.07, 6.45) is 0. The van der Waals surface area contributed by atoms with Crippen molar-refractivity contribution in [2.24, 2.45) is 0 Å². The van der Waals surface area contributed by atoms with E-state index in [1.54, 1.807) is 24.3 Å². The second-order valence-corrected chi connectivity index (χ2v) is 7.61. The Kier molecular flexibility index (Phi) is 5.05. The second kappa shape index (κ2) is 7.43. The largest absolute Gasteiger partial charge is 0.545 e.